The van der Waals surface area contributed by atoms with Crippen LogP contribution in [0.2, 0.25) is 0 Å². The number of esters is 3. The summed E-state index contributed by atoms with van der Waals surface area (Å²) in [6.45, 7) is 1.65. The van der Waals surface area contributed by atoms with Crippen molar-refractivity contribution in [1.29, 1.82) is 0 Å². The molecule has 0 aromatic heterocycles. The van der Waals surface area contributed by atoms with Crippen molar-refractivity contribution in [2.45, 2.75) is 30.1 Å². The molecule has 1 heterocycles. The van der Waals surface area contributed by atoms with Gasteiger partial charge >= 0.3 is 17.9 Å². The first kappa shape index (κ1) is 16.4. The normalized spacial score (nSPS) is 21.8. The third-order valence-corrected chi connectivity index (χ3v) is 4.49. The van der Waals surface area contributed by atoms with Gasteiger partial charge in [0.1, 0.15) is 11.4 Å². The van der Waals surface area contributed by atoms with Crippen LogP contribution in [0, 0.1) is 0 Å². The number of carbonyl (C=O) groups is 3. The van der Waals surface area contributed by atoms with Gasteiger partial charge in [0, 0.05) is 0 Å². The lowest BCUT2D eigenvalue weighted by Crippen LogP contribution is -2.26. The lowest BCUT2D eigenvalue weighted by Gasteiger charge is -2.18. The molecule has 0 saturated carbocycles. The Morgan fingerprint density at radius 1 is 1.32 bits per heavy atom. The van der Waals surface area contributed by atoms with E-state index in [1.165, 1.54) is 7.11 Å². The molecule has 2 unspecified atom stereocenters. The molecule has 1 aliphatic heterocycles. The van der Waals surface area contributed by atoms with Gasteiger partial charge < -0.3 is 14.2 Å². The first-order valence-electron chi connectivity index (χ1n) is 6.70. The van der Waals surface area contributed by atoms with Crippen molar-refractivity contribution in [2.24, 2.45) is 0 Å². The van der Waals surface area contributed by atoms with Gasteiger partial charge in [-0.05, 0) is 19.1 Å². The molecule has 7 heteroatoms. The zero-order valence-corrected chi connectivity index (χ0v) is 13.0. The topological polar surface area (TPSA) is 78.9 Å². The van der Waals surface area contributed by atoms with E-state index in [4.69, 9.17) is 9.47 Å². The molecule has 0 N–H and O–H groups in total. The largest absolute Gasteiger partial charge is 0.469 e. The van der Waals surface area contributed by atoms with E-state index in [9.17, 15) is 14.4 Å². The molecular weight excluding hydrogens is 308 g/mol. The van der Waals surface area contributed by atoms with Gasteiger partial charge in [0.05, 0.1) is 19.1 Å². The Labute approximate surface area is 132 Å². The molecule has 0 bridgehead atoms. The van der Waals surface area contributed by atoms with Crippen LogP contribution in [-0.4, -0.2) is 41.8 Å². The molecule has 0 aliphatic carbocycles. The molecule has 0 radical (unpaired) electrons. The van der Waals surface area contributed by atoms with E-state index in [0.717, 1.165) is 11.8 Å². The second-order valence-corrected chi connectivity index (χ2v) is 5.99. The number of rotatable bonds is 5. The average molecular weight is 324 g/mol. The lowest BCUT2D eigenvalue weighted by atomic mass is 10.2. The minimum Gasteiger partial charge on any atom is -0.469 e. The molecular formula is C15H16O6S. The summed E-state index contributed by atoms with van der Waals surface area (Å²) in [6.07, 6.45) is -0.681. The predicted molar refractivity (Wildman–Crippen MR) is 79.2 cm³/mol. The number of cyclic esters (lactones) is 1. The van der Waals surface area contributed by atoms with Crippen LogP contribution in [0.4, 0.5) is 0 Å². The van der Waals surface area contributed by atoms with Crippen LogP contribution < -0.4 is 0 Å². The Bertz CT molecular complexity index is 558. The Morgan fingerprint density at radius 3 is 2.64 bits per heavy atom. The highest BCUT2D eigenvalue weighted by atomic mass is 32.2. The summed E-state index contributed by atoms with van der Waals surface area (Å²) in [7, 11) is 1.26. The molecule has 1 fully saturated rings. The molecule has 0 spiro atoms. The van der Waals surface area contributed by atoms with Crippen molar-refractivity contribution in [2.75, 3.05) is 7.11 Å². The Morgan fingerprint density at radius 2 is 2.00 bits per heavy atom. The quantitative estimate of drug-likeness (QED) is 0.603. The molecule has 22 heavy (non-hydrogen) atoms. The maximum Gasteiger partial charge on any atom is 0.338 e. The van der Waals surface area contributed by atoms with E-state index in [2.05, 4.69) is 4.74 Å². The number of thioether (sulfide) groups is 1. The van der Waals surface area contributed by atoms with Crippen LogP contribution in [0.5, 0.6) is 0 Å². The van der Waals surface area contributed by atoms with Crippen molar-refractivity contribution < 1.29 is 28.6 Å². The van der Waals surface area contributed by atoms with E-state index in [1.54, 1.807) is 37.3 Å². The van der Waals surface area contributed by atoms with E-state index in [1.807, 2.05) is 0 Å². The number of carbonyl (C=O) groups excluding carboxylic acids is 3. The summed E-state index contributed by atoms with van der Waals surface area (Å²) >= 11 is 1.16. The van der Waals surface area contributed by atoms with Gasteiger partial charge in [-0.3, -0.25) is 9.59 Å². The maximum absolute atomic E-state index is 12.0. The first-order chi connectivity index (χ1) is 10.5. The molecule has 1 aromatic carbocycles. The number of hydrogen-bond donors (Lipinski definition) is 0. The van der Waals surface area contributed by atoms with Gasteiger partial charge in [-0.25, -0.2) is 4.79 Å². The third-order valence-electron chi connectivity index (χ3n) is 3.06. The molecule has 3 atom stereocenters. The standard InChI is InChI=1S/C15H16O6S/c1-9(20-13(17)10-6-4-3-5-7-10)15-21-14(18)11(22-15)8-12(16)19-2/h3-7,9,11,15H,8H2,1-2H3/t9-,11?,15?/m0/s1. The fourth-order valence-electron chi connectivity index (χ4n) is 1.87. The van der Waals surface area contributed by atoms with Gasteiger partial charge in [0.2, 0.25) is 0 Å². The van der Waals surface area contributed by atoms with Gasteiger partial charge in [-0.15, -0.1) is 0 Å². The summed E-state index contributed by atoms with van der Waals surface area (Å²) < 4.78 is 15.0. The second-order valence-electron chi connectivity index (χ2n) is 4.69. The third kappa shape index (κ3) is 4.00. The molecule has 1 aliphatic rings. The highest BCUT2D eigenvalue weighted by Crippen LogP contribution is 2.34. The van der Waals surface area contributed by atoms with Gasteiger partial charge in [-0.2, -0.15) is 0 Å². The van der Waals surface area contributed by atoms with E-state index in [-0.39, 0.29) is 6.42 Å². The molecule has 1 aromatic rings. The van der Waals surface area contributed by atoms with Crippen molar-refractivity contribution in [3.05, 3.63) is 35.9 Å². The fourth-order valence-corrected chi connectivity index (χ4v) is 3.02. The highest BCUT2D eigenvalue weighted by molar-refractivity contribution is 8.01. The lowest BCUT2D eigenvalue weighted by molar-refractivity contribution is -0.149. The van der Waals surface area contributed by atoms with Crippen molar-refractivity contribution >= 4 is 29.7 Å². The SMILES string of the molecule is COC(=O)CC1SC([C@H](C)OC(=O)c2ccccc2)OC1=O. The Hall–Kier alpha value is -2.02. The number of ether oxygens (including phenoxy) is 3. The fraction of sp³-hybridized carbons (Fsp3) is 0.400. The zero-order valence-electron chi connectivity index (χ0n) is 12.2. The molecule has 2 rings (SSSR count). The number of hydrogen-bond acceptors (Lipinski definition) is 7. The van der Waals surface area contributed by atoms with Crippen LogP contribution in [0.3, 0.4) is 0 Å². The van der Waals surface area contributed by atoms with Crippen LogP contribution >= 0.6 is 11.8 Å². The van der Waals surface area contributed by atoms with Gasteiger partial charge in [-0.1, -0.05) is 30.0 Å². The molecule has 6 nitrogen and oxygen atoms in total. The monoisotopic (exact) mass is 324 g/mol. The predicted octanol–water partition coefficient (Wildman–Crippen LogP) is 1.78. The van der Waals surface area contributed by atoms with Gasteiger partial charge in [0.25, 0.3) is 0 Å². The summed E-state index contributed by atoms with van der Waals surface area (Å²) in [4.78, 5) is 34.9. The number of methoxy groups -OCH3 is 1. The smallest absolute Gasteiger partial charge is 0.338 e. The van der Waals surface area contributed by atoms with Crippen molar-refractivity contribution in [1.82, 2.24) is 0 Å². The minimum atomic E-state index is -0.630. The van der Waals surface area contributed by atoms with Gasteiger partial charge in [0.15, 0.2) is 5.44 Å². The summed E-state index contributed by atoms with van der Waals surface area (Å²) in [5, 5.41) is -0.629. The van der Waals surface area contributed by atoms with Crippen molar-refractivity contribution in [3.8, 4) is 0 Å². The summed E-state index contributed by atoms with van der Waals surface area (Å²) in [5.41, 5.74) is -0.204. The molecule has 118 valence electrons. The zero-order chi connectivity index (χ0) is 16.1. The Balaban J connectivity index is 1.91. The number of benzene rings is 1. The maximum atomic E-state index is 12.0. The average Bonchev–Trinajstić information content (AvgIpc) is 2.89. The van der Waals surface area contributed by atoms with Crippen LogP contribution in [0.25, 0.3) is 0 Å². The van der Waals surface area contributed by atoms with Crippen LogP contribution in [0.1, 0.15) is 23.7 Å². The minimum absolute atomic E-state index is 0.0597. The molecule has 1 saturated heterocycles. The summed E-state index contributed by atoms with van der Waals surface area (Å²) in [5.74, 6) is -1.46. The van der Waals surface area contributed by atoms with Crippen molar-refractivity contribution in [3.63, 3.8) is 0 Å². The first-order valence-corrected chi connectivity index (χ1v) is 7.64. The second kappa shape index (κ2) is 7.31. The summed E-state index contributed by atoms with van der Waals surface area (Å²) in [6, 6.07) is 8.55. The van der Waals surface area contributed by atoms with E-state index >= 15 is 0 Å². The highest BCUT2D eigenvalue weighted by Gasteiger charge is 2.40. The molecule has 0 amide bonds. The van der Waals surface area contributed by atoms with E-state index < -0.39 is 34.7 Å². The van der Waals surface area contributed by atoms with Crippen LogP contribution in [-0.2, 0) is 23.8 Å². The Kier molecular flexibility index (Phi) is 5.43. The van der Waals surface area contributed by atoms with Crippen LogP contribution in [0.15, 0.2) is 30.3 Å². The van der Waals surface area contributed by atoms with E-state index in [0.29, 0.717) is 5.56 Å².